The van der Waals surface area contributed by atoms with Crippen molar-refractivity contribution < 1.29 is 23.8 Å². The van der Waals surface area contributed by atoms with Crippen molar-refractivity contribution in [2.45, 2.75) is 39.2 Å². The standard InChI is InChI=1S/C24H30N2O5/c1-5-15-12-26-10-9-16-22-19(7-6-8-21(22)31-14(2)27)25-23(16)20(26)11-17(15)18(13-29-3)24(28)30-4/h6-8,13,15,17,20,25H,5,9-12H2,1-4H3/b18-13+. The maximum Gasteiger partial charge on any atom is 0.337 e. The third-order valence-corrected chi connectivity index (χ3v) is 6.70. The molecule has 2 aliphatic rings. The maximum absolute atomic E-state index is 12.5. The van der Waals surface area contributed by atoms with Gasteiger partial charge in [0.1, 0.15) is 5.75 Å². The van der Waals surface area contributed by atoms with Crippen molar-refractivity contribution in [2.24, 2.45) is 11.8 Å². The molecule has 0 radical (unpaired) electrons. The highest BCUT2D eigenvalue weighted by molar-refractivity contribution is 5.93. The molecule has 1 aromatic carbocycles. The summed E-state index contributed by atoms with van der Waals surface area (Å²) in [6.45, 7) is 5.44. The summed E-state index contributed by atoms with van der Waals surface area (Å²) in [6.07, 6.45) is 4.21. The van der Waals surface area contributed by atoms with Crippen LogP contribution in [0, 0.1) is 11.8 Å². The van der Waals surface area contributed by atoms with E-state index in [1.54, 1.807) is 13.4 Å². The molecule has 1 saturated heterocycles. The first-order chi connectivity index (χ1) is 15.0. The summed E-state index contributed by atoms with van der Waals surface area (Å²) in [6, 6.07) is 5.91. The topological polar surface area (TPSA) is 80.9 Å². The van der Waals surface area contributed by atoms with Crippen LogP contribution in [-0.2, 0) is 25.5 Å². The quantitative estimate of drug-likeness (QED) is 0.340. The van der Waals surface area contributed by atoms with Crippen LogP contribution >= 0.6 is 0 Å². The number of ether oxygens (including phenoxy) is 3. The van der Waals surface area contributed by atoms with Crippen LogP contribution in [0.2, 0.25) is 0 Å². The van der Waals surface area contributed by atoms with Crippen molar-refractivity contribution in [3.63, 3.8) is 0 Å². The number of rotatable bonds is 5. The van der Waals surface area contributed by atoms with Crippen LogP contribution in [0.1, 0.15) is 44.0 Å². The lowest BCUT2D eigenvalue weighted by molar-refractivity contribution is -0.137. The van der Waals surface area contributed by atoms with Crippen molar-refractivity contribution in [2.75, 3.05) is 27.3 Å². The van der Waals surface area contributed by atoms with E-state index in [0.717, 1.165) is 48.9 Å². The Labute approximate surface area is 182 Å². The molecule has 2 aromatic rings. The molecule has 1 fully saturated rings. The fraction of sp³-hybridized carbons (Fsp3) is 0.500. The number of benzene rings is 1. The van der Waals surface area contributed by atoms with Crippen LogP contribution in [0.15, 0.2) is 30.0 Å². The first-order valence-electron chi connectivity index (χ1n) is 10.9. The number of esters is 2. The molecule has 7 heteroatoms. The molecule has 1 N–H and O–H groups in total. The predicted octanol–water partition coefficient (Wildman–Crippen LogP) is 3.74. The number of carbonyl (C=O) groups excluding carboxylic acids is 2. The van der Waals surface area contributed by atoms with Crippen LogP contribution in [0.25, 0.3) is 10.9 Å². The van der Waals surface area contributed by atoms with E-state index in [1.807, 2.05) is 18.2 Å². The van der Waals surface area contributed by atoms with Gasteiger partial charge in [0, 0.05) is 36.6 Å². The first-order valence-corrected chi connectivity index (χ1v) is 10.9. The number of carbonyl (C=O) groups is 2. The summed E-state index contributed by atoms with van der Waals surface area (Å²) >= 11 is 0. The summed E-state index contributed by atoms with van der Waals surface area (Å²) in [5.74, 6) is 0.340. The molecule has 0 bridgehead atoms. The van der Waals surface area contributed by atoms with Gasteiger partial charge < -0.3 is 19.2 Å². The number of hydrogen-bond donors (Lipinski definition) is 1. The molecular formula is C24H30N2O5. The zero-order valence-electron chi connectivity index (χ0n) is 18.6. The van der Waals surface area contributed by atoms with Crippen molar-refractivity contribution in [1.29, 1.82) is 0 Å². The fourth-order valence-electron chi connectivity index (χ4n) is 5.35. The van der Waals surface area contributed by atoms with Gasteiger partial charge in [0.25, 0.3) is 0 Å². The fourth-order valence-corrected chi connectivity index (χ4v) is 5.35. The number of hydrogen-bond acceptors (Lipinski definition) is 6. The highest BCUT2D eigenvalue weighted by atomic mass is 16.5. The number of fused-ring (bicyclic) bond motifs is 5. The second-order valence-electron chi connectivity index (χ2n) is 8.36. The normalized spacial score (nSPS) is 23.7. The monoisotopic (exact) mass is 426 g/mol. The van der Waals surface area contributed by atoms with Crippen molar-refractivity contribution in [1.82, 2.24) is 9.88 Å². The number of methoxy groups -OCH3 is 2. The third kappa shape index (κ3) is 3.82. The highest BCUT2D eigenvalue weighted by Gasteiger charge is 2.42. The van der Waals surface area contributed by atoms with Crippen LogP contribution in [0.3, 0.4) is 0 Å². The summed E-state index contributed by atoms with van der Waals surface area (Å²) < 4.78 is 15.8. The van der Waals surface area contributed by atoms with Gasteiger partial charge >= 0.3 is 11.9 Å². The van der Waals surface area contributed by atoms with Gasteiger partial charge in [0.2, 0.25) is 0 Å². The van der Waals surface area contributed by atoms with E-state index in [0.29, 0.717) is 17.2 Å². The molecule has 1 aromatic heterocycles. The van der Waals surface area contributed by atoms with Gasteiger partial charge in [-0.15, -0.1) is 0 Å². The molecule has 0 amide bonds. The second kappa shape index (κ2) is 8.75. The van der Waals surface area contributed by atoms with E-state index >= 15 is 0 Å². The minimum absolute atomic E-state index is 0.0453. The lowest BCUT2D eigenvalue weighted by Crippen LogP contribution is -2.47. The highest BCUT2D eigenvalue weighted by Crippen LogP contribution is 2.47. The molecule has 0 aliphatic carbocycles. The molecule has 166 valence electrons. The van der Waals surface area contributed by atoms with Gasteiger partial charge in [0.15, 0.2) is 0 Å². The van der Waals surface area contributed by atoms with Gasteiger partial charge in [-0.3, -0.25) is 9.69 Å². The Morgan fingerprint density at radius 2 is 2.10 bits per heavy atom. The first kappa shape index (κ1) is 21.4. The summed E-state index contributed by atoms with van der Waals surface area (Å²) in [4.78, 5) is 30.2. The molecule has 7 nitrogen and oxygen atoms in total. The van der Waals surface area contributed by atoms with Crippen molar-refractivity contribution in [3.8, 4) is 5.75 Å². The third-order valence-electron chi connectivity index (χ3n) is 6.70. The van der Waals surface area contributed by atoms with Crippen LogP contribution < -0.4 is 4.74 Å². The largest absolute Gasteiger partial charge is 0.504 e. The minimum atomic E-state index is -0.330. The predicted molar refractivity (Wildman–Crippen MR) is 117 cm³/mol. The average Bonchev–Trinajstić information content (AvgIpc) is 3.15. The van der Waals surface area contributed by atoms with Crippen LogP contribution in [0.5, 0.6) is 5.75 Å². The molecular weight excluding hydrogens is 396 g/mol. The molecule has 0 saturated carbocycles. The SMILES string of the molecule is CCC1CN2CCc3c([nH]c4cccc(OC(C)=O)c34)C2CC1/C(=C\OC)C(=O)OC. The average molecular weight is 427 g/mol. The minimum Gasteiger partial charge on any atom is -0.504 e. The maximum atomic E-state index is 12.5. The number of nitrogens with zero attached hydrogens (tertiary/aromatic N) is 1. The van der Waals surface area contributed by atoms with Gasteiger partial charge in [-0.05, 0) is 42.4 Å². The van der Waals surface area contributed by atoms with Gasteiger partial charge in [0.05, 0.1) is 32.1 Å². The molecule has 4 rings (SSSR count). The lowest BCUT2D eigenvalue weighted by Gasteiger charge is -2.46. The zero-order chi connectivity index (χ0) is 22.1. The second-order valence-corrected chi connectivity index (χ2v) is 8.36. The van der Waals surface area contributed by atoms with E-state index in [4.69, 9.17) is 14.2 Å². The van der Waals surface area contributed by atoms with Gasteiger partial charge in [-0.2, -0.15) is 0 Å². The summed E-state index contributed by atoms with van der Waals surface area (Å²) in [7, 11) is 2.97. The Kier molecular flexibility index (Phi) is 6.05. The molecule has 3 atom stereocenters. The number of aromatic nitrogens is 1. The summed E-state index contributed by atoms with van der Waals surface area (Å²) in [5.41, 5.74) is 3.93. The Balaban J connectivity index is 1.76. The van der Waals surface area contributed by atoms with E-state index in [-0.39, 0.29) is 23.9 Å². The Hall–Kier alpha value is -2.80. The van der Waals surface area contributed by atoms with Gasteiger partial charge in [-0.25, -0.2) is 4.79 Å². The molecule has 0 spiro atoms. The van der Waals surface area contributed by atoms with E-state index in [2.05, 4.69) is 16.8 Å². The molecule has 3 heterocycles. The van der Waals surface area contributed by atoms with Gasteiger partial charge in [-0.1, -0.05) is 19.4 Å². The number of aromatic amines is 1. The molecule has 31 heavy (non-hydrogen) atoms. The smallest absolute Gasteiger partial charge is 0.337 e. The molecule has 2 aliphatic heterocycles. The summed E-state index contributed by atoms with van der Waals surface area (Å²) in [5, 5.41) is 0.988. The number of nitrogens with one attached hydrogen (secondary N) is 1. The Morgan fingerprint density at radius 3 is 2.77 bits per heavy atom. The molecule has 3 unspecified atom stereocenters. The van der Waals surface area contributed by atoms with E-state index in [9.17, 15) is 9.59 Å². The Morgan fingerprint density at radius 1 is 1.29 bits per heavy atom. The van der Waals surface area contributed by atoms with Crippen molar-refractivity contribution >= 4 is 22.8 Å². The van der Waals surface area contributed by atoms with Crippen LogP contribution in [0.4, 0.5) is 0 Å². The van der Waals surface area contributed by atoms with E-state index < -0.39 is 0 Å². The van der Waals surface area contributed by atoms with Crippen molar-refractivity contribution in [3.05, 3.63) is 41.3 Å². The number of H-pyrrole nitrogens is 1. The van der Waals surface area contributed by atoms with E-state index in [1.165, 1.54) is 19.6 Å². The zero-order valence-corrected chi connectivity index (χ0v) is 18.6. The van der Waals surface area contributed by atoms with Crippen LogP contribution in [-0.4, -0.2) is 49.1 Å². The Bertz CT molecular complexity index is 1020. The number of piperidine rings is 1. The lowest BCUT2D eigenvalue weighted by atomic mass is 9.74.